The monoisotopic (exact) mass is 486 g/mol. The molecular formula is C28H31FN6O. The molecule has 2 aliphatic rings. The van der Waals surface area contributed by atoms with Crippen molar-refractivity contribution in [2.75, 3.05) is 18.9 Å². The molecule has 1 aromatic carbocycles. The van der Waals surface area contributed by atoms with Crippen molar-refractivity contribution in [2.45, 2.75) is 58.1 Å². The van der Waals surface area contributed by atoms with E-state index in [0.717, 1.165) is 43.6 Å². The van der Waals surface area contributed by atoms with Crippen LogP contribution < -0.4 is 5.32 Å². The minimum atomic E-state index is -0.938. The Kier molecular flexibility index (Phi) is 5.53. The summed E-state index contributed by atoms with van der Waals surface area (Å²) in [5.41, 5.74) is 6.27. The Morgan fingerprint density at radius 1 is 1.14 bits per heavy atom. The number of halogens is 1. The van der Waals surface area contributed by atoms with E-state index in [1.807, 2.05) is 19.1 Å². The van der Waals surface area contributed by atoms with E-state index in [-0.39, 0.29) is 0 Å². The number of rotatable bonds is 5. The molecule has 186 valence electrons. The van der Waals surface area contributed by atoms with Crippen LogP contribution >= 0.6 is 0 Å². The number of aromatic nitrogens is 4. The maximum Gasteiger partial charge on any atom is 0.229 e. The third kappa shape index (κ3) is 3.76. The maximum absolute atomic E-state index is 14.9. The van der Waals surface area contributed by atoms with E-state index in [9.17, 15) is 9.50 Å². The first-order valence-corrected chi connectivity index (χ1v) is 12.8. The summed E-state index contributed by atoms with van der Waals surface area (Å²) in [7, 11) is 2.14. The van der Waals surface area contributed by atoms with E-state index < -0.39 is 11.4 Å². The van der Waals surface area contributed by atoms with Gasteiger partial charge in [0.2, 0.25) is 5.95 Å². The van der Waals surface area contributed by atoms with Gasteiger partial charge in [-0.1, -0.05) is 19.9 Å². The van der Waals surface area contributed by atoms with Gasteiger partial charge < -0.3 is 15.3 Å². The highest BCUT2D eigenvalue weighted by atomic mass is 19.1. The second-order valence-electron chi connectivity index (χ2n) is 10.1. The summed E-state index contributed by atoms with van der Waals surface area (Å²) in [5, 5.41) is 14.7. The molecule has 0 amide bonds. The number of pyridine rings is 1. The smallest absolute Gasteiger partial charge is 0.229 e. The molecule has 0 saturated heterocycles. The molecule has 0 spiro atoms. The average Bonchev–Trinajstić information content (AvgIpc) is 3.40. The number of aliphatic hydroxyl groups is 1. The Hall–Kier alpha value is -3.36. The average molecular weight is 487 g/mol. The number of hydrogen-bond donors (Lipinski definition) is 2. The fourth-order valence-electron chi connectivity index (χ4n) is 5.67. The SMILES string of the molecule is CCc1cc(Nc2ncc3c(F)cn(-c4ccc5c(n4)[C@](O)(CC)CC5)c3n2)cc2c1CCN(C)C2. The highest BCUT2D eigenvalue weighted by Gasteiger charge is 2.37. The quantitative estimate of drug-likeness (QED) is 0.422. The van der Waals surface area contributed by atoms with Crippen LogP contribution in [0.1, 0.15) is 54.6 Å². The van der Waals surface area contributed by atoms with Gasteiger partial charge in [0.05, 0.1) is 11.1 Å². The molecule has 3 aromatic heterocycles. The van der Waals surface area contributed by atoms with Crippen molar-refractivity contribution in [2.24, 2.45) is 0 Å². The number of benzene rings is 1. The summed E-state index contributed by atoms with van der Waals surface area (Å²) in [6.07, 6.45) is 6.96. The molecule has 0 bridgehead atoms. The normalized spacial score (nSPS) is 19.5. The Labute approximate surface area is 210 Å². The molecule has 7 nitrogen and oxygen atoms in total. The third-order valence-electron chi connectivity index (χ3n) is 7.80. The van der Waals surface area contributed by atoms with Crippen molar-refractivity contribution in [3.8, 4) is 5.82 Å². The van der Waals surface area contributed by atoms with Crippen molar-refractivity contribution in [3.05, 3.63) is 70.4 Å². The van der Waals surface area contributed by atoms with Crippen molar-refractivity contribution in [1.82, 2.24) is 24.4 Å². The zero-order valence-electron chi connectivity index (χ0n) is 21.0. The highest BCUT2D eigenvalue weighted by Crippen LogP contribution is 2.38. The standard InChI is InChI=1S/C28H31FN6O/c1-4-17-12-20(13-19-15-34(3)11-9-21(17)19)31-27-30-14-22-23(29)16-35(26(22)33-27)24-7-6-18-8-10-28(36,5-2)25(18)32-24/h6-7,12-14,16,36H,4-5,8-11,15H2,1-3H3,(H,30,31,33)/t28-/m0/s1. The van der Waals surface area contributed by atoms with E-state index >= 15 is 0 Å². The summed E-state index contributed by atoms with van der Waals surface area (Å²) in [4.78, 5) is 16.2. The fourth-order valence-corrected chi connectivity index (χ4v) is 5.67. The molecule has 0 unspecified atom stereocenters. The van der Waals surface area contributed by atoms with Crippen LogP contribution in [0.5, 0.6) is 0 Å². The van der Waals surface area contributed by atoms with Crippen molar-refractivity contribution >= 4 is 22.7 Å². The van der Waals surface area contributed by atoms with Crippen LogP contribution in [0.4, 0.5) is 16.0 Å². The van der Waals surface area contributed by atoms with Gasteiger partial charge in [-0.15, -0.1) is 0 Å². The maximum atomic E-state index is 14.9. The summed E-state index contributed by atoms with van der Waals surface area (Å²) >= 11 is 0. The van der Waals surface area contributed by atoms with Crippen LogP contribution in [0.25, 0.3) is 16.9 Å². The molecule has 8 heteroatoms. The van der Waals surface area contributed by atoms with Crippen LogP contribution in [0, 0.1) is 5.82 Å². The minimum absolute atomic E-state index is 0.329. The van der Waals surface area contributed by atoms with Gasteiger partial charge in [-0.25, -0.2) is 14.4 Å². The van der Waals surface area contributed by atoms with Crippen molar-refractivity contribution in [3.63, 3.8) is 0 Å². The molecule has 4 heterocycles. The second-order valence-corrected chi connectivity index (χ2v) is 10.1. The molecular weight excluding hydrogens is 455 g/mol. The predicted molar refractivity (Wildman–Crippen MR) is 138 cm³/mol. The van der Waals surface area contributed by atoms with Gasteiger partial charge in [-0.05, 0) is 79.6 Å². The van der Waals surface area contributed by atoms with Crippen LogP contribution in [-0.2, 0) is 31.4 Å². The van der Waals surface area contributed by atoms with E-state index in [1.54, 1.807) is 4.57 Å². The van der Waals surface area contributed by atoms with Crippen LogP contribution in [0.2, 0.25) is 0 Å². The zero-order valence-corrected chi connectivity index (χ0v) is 21.0. The number of aryl methyl sites for hydroxylation is 2. The van der Waals surface area contributed by atoms with Gasteiger partial charge in [-0.2, -0.15) is 4.98 Å². The summed E-state index contributed by atoms with van der Waals surface area (Å²) in [6, 6.07) is 8.18. The fraction of sp³-hybridized carbons (Fsp3) is 0.393. The molecule has 0 radical (unpaired) electrons. The lowest BCUT2D eigenvalue weighted by atomic mass is 9.92. The topological polar surface area (TPSA) is 79.1 Å². The van der Waals surface area contributed by atoms with Crippen LogP contribution in [0.15, 0.2) is 36.7 Å². The molecule has 6 rings (SSSR count). The molecule has 4 aromatic rings. The Morgan fingerprint density at radius 3 is 2.81 bits per heavy atom. The first kappa shape index (κ1) is 23.1. The largest absolute Gasteiger partial charge is 0.384 e. The first-order chi connectivity index (χ1) is 17.4. The molecule has 0 saturated carbocycles. The lowest BCUT2D eigenvalue weighted by molar-refractivity contribution is 0.0306. The van der Waals surface area contributed by atoms with Gasteiger partial charge in [0.15, 0.2) is 11.5 Å². The van der Waals surface area contributed by atoms with Gasteiger partial charge in [0, 0.05) is 31.2 Å². The van der Waals surface area contributed by atoms with E-state index in [1.165, 1.54) is 29.1 Å². The first-order valence-electron chi connectivity index (χ1n) is 12.8. The number of anilines is 2. The number of fused-ring (bicyclic) bond motifs is 3. The van der Waals surface area contributed by atoms with Crippen LogP contribution in [-0.4, -0.2) is 43.1 Å². The van der Waals surface area contributed by atoms with Gasteiger partial charge >= 0.3 is 0 Å². The predicted octanol–water partition coefficient (Wildman–Crippen LogP) is 4.79. The second kappa shape index (κ2) is 8.64. The number of nitrogens with one attached hydrogen (secondary N) is 1. The molecule has 1 aliphatic heterocycles. The van der Waals surface area contributed by atoms with E-state index in [4.69, 9.17) is 4.98 Å². The lowest BCUT2D eigenvalue weighted by Gasteiger charge is -2.27. The molecule has 36 heavy (non-hydrogen) atoms. The zero-order chi connectivity index (χ0) is 25.0. The summed E-state index contributed by atoms with van der Waals surface area (Å²) in [5.74, 6) is 0.528. The van der Waals surface area contributed by atoms with Crippen molar-refractivity contribution in [1.29, 1.82) is 0 Å². The summed E-state index contributed by atoms with van der Waals surface area (Å²) < 4.78 is 16.5. The van der Waals surface area contributed by atoms with E-state index in [2.05, 4.69) is 46.3 Å². The summed E-state index contributed by atoms with van der Waals surface area (Å²) in [6.45, 7) is 6.13. The van der Waals surface area contributed by atoms with Crippen LogP contribution in [0.3, 0.4) is 0 Å². The number of hydrogen-bond acceptors (Lipinski definition) is 6. The lowest BCUT2D eigenvalue weighted by Crippen LogP contribution is -2.27. The minimum Gasteiger partial charge on any atom is -0.384 e. The van der Waals surface area contributed by atoms with Gasteiger partial charge in [0.25, 0.3) is 0 Å². The molecule has 0 fully saturated rings. The highest BCUT2D eigenvalue weighted by molar-refractivity contribution is 5.79. The molecule has 1 aliphatic carbocycles. The number of likely N-dealkylation sites (N-methyl/N-ethyl adjacent to an activating group) is 1. The molecule has 1 atom stereocenters. The van der Waals surface area contributed by atoms with Gasteiger partial charge in [-0.3, -0.25) is 4.57 Å². The van der Waals surface area contributed by atoms with Crippen molar-refractivity contribution < 1.29 is 9.50 Å². The Bertz CT molecular complexity index is 1480. The Morgan fingerprint density at radius 2 is 2.00 bits per heavy atom. The Balaban J connectivity index is 1.39. The molecule has 2 N–H and O–H groups in total. The van der Waals surface area contributed by atoms with Gasteiger partial charge in [0.1, 0.15) is 11.4 Å². The number of nitrogens with zero attached hydrogens (tertiary/aromatic N) is 5. The van der Waals surface area contributed by atoms with E-state index in [0.29, 0.717) is 41.3 Å². The third-order valence-corrected chi connectivity index (χ3v) is 7.80.